The van der Waals surface area contributed by atoms with Crippen LogP contribution in [0.4, 0.5) is 0 Å². The van der Waals surface area contributed by atoms with Crippen molar-refractivity contribution in [2.75, 3.05) is 13.2 Å². The van der Waals surface area contributed by atoms with E-state index in [1.165, 1.54) is 11.8 Å². The van der Waals surface area contributed by atoms with Crippen LogP contribution in [-0.4, -0.2) is 62.8 Å². The van der Waals surface area contributed by atoms with Gasteiger partial charge in [-0.15, -0.1) is 0 Å². The van der Waals surface area contributed by atoms with Crippen molar-refractivity contribution < 1.29 is 28.7 Å². The van der Waals surface area contributed by atoms with Gasteiger partial charge in [-0.05, 0) is 54.6 Å². The van der Waals surface area contributed by atoms with Gasteiger partial charge in [-0.1, -0.05) is 30.0 Å². The molecule has 2 N–H and O–H groups in total. The van der Waals surface area contributed by atoms with Crippen LogP contribution in [0, 0.1) is 0 Å². The Balaban J connectivity index is 1.12. The topological polar surface area (TPSA) is 151 Å². The molecule has 2 aromatic carbocycles. The molecule has 5 rings (SSSR count). The Kier molecular flexibility index (Phi) is 9.37. The van der Waals surface area contributed by atoms with E-state index in [9.17, 15) is 24.0 Å². The molecule has 0 saturated carbocycles. The molecule has 1 saturated heterocycles. The number of amides is 4. The Bertz CT molecular complexity index is 1700. The molecular formula is C31H27N5O6S. The van der Waals surface area contributed by atoms with Crippen molar-refractivity contribution in [2.24, 2.45) is 0 Å². The Morgan fingerprint density at radius 3 is 2.56 bits per heavy atom. The summed E-state index contributed by atoms with van der Waals surface area (Å²) in [5, 5.41) is 11.2. The predicted octanol–water partition coefficient (Wildman–Crippen LogP) is 4.01. The molecule has 218 valence electrons. The second kappa shape index (κ2) is 13.7. The molecule has 0 spiro atoms. The van der Waals surface area contributed by atoms with E-state index in [1.807, 2.05) is 60.7 Å². The third kappa shape index (κ3) is 7.41. The molecule has 4 aromatic rings. The fourth-order valence-electron chi connectivity index (χ4n) is 4.39. The van der Waals surface area contributed by atoms with E-state index in [2.05, 4.69) is 20.5 Å². The maximum atomic E-state index is 12.9. The third-order valence-corrected chi connectivity index (χ3v) is 7.58. The quantitative estimate of drug-likeness (QED) is 0.148. The number of hydrogen-bond donors (Lipinski definition) is 2. The van der Waals surface area contributed by atoms with E-state index < -0.39 is 23.7 Å². The number of rotatable bonds is 11. The Hall–Kier alpha value is -5.10. The Morgan fingerprint density at radius 2 is 1.77 bits per heavy atom. The van der Waals surface area contributed by atoms with Crippen molar-refractivity contribution in [2.45, 2.75) is 35.5 Å². The molecule has 0 bridgehead atoms. The molecule has 0 radical (unpaired) electrons. The minimum absolute atomic E-state index is 0.00230. The number of esters is 1. The zero-order valence-electron chi connectivity index (χ0n) is 22.9. The van der Waals surface area contributed by atoms with E-state index in [-0.39, 0.29) is 44.7 Å². The molecule has 3 heterocycles. The number of nitrogens with one attached hydrogen (secondary N) is 2. The van der Waals surface area contributed by atoms with Gasteiger partial charge in [0.2, 0.25) is 17.7 Å². The summed E-state index contributed by atoms with van der Waals surface area (Å²) in [4.78, 5) is 66.8. The predicted molar refractivity (Wildman–Crippen MR) is 158 cm³/mol. The Labute approximate surface area is 250 Å². The lowest BCUT2D eigenvalue weighted by Gasteiger charge is -2.12. The van der Waals surface area contributed by atoms with E-state index >= 15 is 0 Å². The van der Waals surface area contributed by atoms with Gasteiger partial charge in [0.1, 0.15) is 6.61 Å². The largest absolute Gasteiger partial charge is 0.464 e. The summed E-state index contributed by atoms with van der Waals surface area (Å²) in [6.45, 7) is -0.0290. The highest BCUT2D eigenvalue weighted by molar-refractivity contribution is 7.99. The summed E-state index contributed by atoms with van der Waals surface area (Å²) < 4.78 is 5.09. The van der Waals surface area contributed by atoms with Crippen LogP contribution in [0.3, 0.4) is 0 Å². The van der Waals surface area contributed by atoms with Crippen LogP contribution >= 0.6 is 11.8 Å². The molecule has 1 aliphatic rings. The van der Waals surface area contributed by atoms with Gasteiger partial charge in [0, 0.05) is 40.6 Å². The number of aromatic nitrogens is 3. The number of carbonyl (C=O) groups excluding carboxylic acids is 5. The summed E-state index contributed by atoms with van der Waals surface area (Å²) in [5.74, 6) is -2.81. The van der Waals surface area contributed by atoms with Crippen molar-refractivity contribution >= 4 is 64.4 Å². The van der Waals surface area contributed by atoms with Gasteiger partial charge in [0.25, 0.3) is 5.91 Å². The average Bonchev–Trinajstić information content (AvgIpc) is 3.58. The van der Waals surface area contributed by atoms with Crippen LogP contribution in [0.1, 0.15) is 47.4 Å². The lowest BCUT2D eigenvalue weighted by atomic mass is 10.2. The van der Waals surface area contributed by atoms with E-state index in [0.29, 0.717) is 10.5 Å². The maximum absolute atomic E-state index is 12.9. The summed E-state index contributed by atoms with van der Waals surface area (Å²) in [7, 11) is 0. The number of fused-ring (bicyclic) bond motifs is 1. The van der Waals surface area contributed by atoms with Crippen molar-refractivity contribution in [3.8, 4) is 0 Å². The highest BCUT2D eigenvalue weighted by Gasteiger charge is 2.34. The molecule has 0 atom stereocenters. The first-order chi connectivity index (χ1) is 20.9. The normalized spacial score (nSPS) is 13.2. The number of imide groups is 3. The average molecular weight is 598 g/mol. The monoisotopic (exact) mass is 597 g/mol. The molecule has 4 amide bonds. The summed E-state index contributed by atoms with van der Waals surface area (Å²) in [6, 6.07) is 18.8. The first kappa shape index (κ1) is 29.4. The first-order valence-corrected chi connectivity index (χ1v) is 14.4. The molecule has 12 heteroatoms. The highest BCUT2D eigenvalue weighted by Crippen LogP contribution is 2.33. The van der Waals surface area contributed by atoms with Crippen LogP contribution < -0.4 is 5.32 Å². The number of benzene rings is 2. The summed E-state index contributed by atoms with van der Waals surface area (Å²) in [6.07, 6.45) is 4.97. The van der Waals surface area contributed by atoms with E-state index in [4.69, 9.17) is 4.74 Å². The lowest BCUT2D eigenvalue weighted by molar-refractivity contribution is -0.152. The van der Waals surface area contributed by atoms with Gasteiger partial charge >= 0.3 is 5.97 Å². The second-order valence-corrected chi connectivity index (χ2v) is 10.6. The third-order valence-electron chi connectivity index (χ3n) is 6.52. The number of hydrogen-bond acceptors (Lipinski definition) is 9. The minimum atomic E-state index is -0.712. The molecule has 43 heavy (non-hydrogen) atoms. The molecule has 2 aromatic heterocycles. The van der Waals surface area contributed by atoms with Crippen molar-refractivity contribution in [3.05, 3.63) is 83.8 Å². The minimum Gasteiger partial charge on any atom is -0.464 e. The smallest absolute Gasteiger partial charge is 0.306 e. The van der Waals surface area contributed by atoms with Gasteiger partial charge in [-0.3, -0.25) is 34.1 Å². The van der Waals surface area contributed by atoms with Crippen molar-refractivity contribution in [3.63, 3.8) is 0 Å². The fraction of sp³-hybridized carbons (Fsp3) is 0.194. The van der Waals surface area contributed by atoms with Gasteiger partial charge < -0.3 is 10.1 Å². The number of ether oxygens (including phenoxy) is 1. The van der Waals surface area contributed by atoms with Gasteiger partial charge in [0.05, 0.1) is 35.4 Å². The van der Waals surface area contributed by atoms with Gasteiger partial charge in [-0.2, -0.15) is 5.10 Å². The molecule has 1 aliphatic heterocycles. The lowest BCUT2D eigenvalue weighted by Crippen LogP contribution is -2.35. The molecule has 1 fully saturated rings. The highest BCUT2D eigenvalue weighted by atomic mass is 32.2. The molecule has 11 nitrogen and oxygen atoms in total. The molecular weight excluding hydrogens is 570 g/mol. The number of nitrogens with zero attached hydrogens (tertiary/aromatic N) is 3. The van der Waals surface area contributed by atoms with Crippen LogP contribution in [0.2, 0.25) is 0 Å². The number of carbonyl (C=O) groups is 5. The summed E-state index contributed by atoms with van der Waals surface area (Å²) >= 11 is 1.44. The summed E-state index contributed by atoms with van der Waals surface area (Å²) in [5.41, 5.74) is 2.95. The van der Waals surface area contributed by atoms with Crippen LogP contribution in [-0.2, 0) is 23.9 Å². The van der Waals surface area contributed by atoms with Crippen LogP contribution in [0.15, 0.2) is 76.7 Å². The van der Waals surface area contributed by atoms with Gasteiger partial charge in [-0.25, -0.2) is 4.90 Å². The van der Waals surface area contributed by atoms with Crippen LogP contribution in [0.5, 0.6) is 0 Å². The number of aromatic amines is 1. The number of likely N-dealkylation sites (tertiary alicyclic amines) is 1. The first-order valence-electron chi connectivity index (χ1n) is 13.6. The molecule has 0 unspecified atom stereocenters. The fourth-order valence-corrected chi connectivity index (χ4v) is 5.38. The number of pyridine rings is 1. The zero-order valence-corrected chi connectivity index (χ0v) is 23.8. The van der Waals surface area contributed by atoms with Gasteiger partial charge in [0.15, 0.2) is 0 Å². The van der Waals surface area contributed by atoms with Crippen LogP contribution in [0.25, 0.3) is 23.1 Å². The van der Waals surface area contributed by atoms with Crippen molar-refractivity contribution in [1.82, 2.24) is 25.4 Å². The van der Waals surface area contributed by atoms with E-state index in [1.54, 1.807) is 18.3 Å². The zero-order chi connectivity index (χ0) is 30.2. The van der Waals surface area contributed by atoms with E-state index in [0.717, 1.165) is 32.1 Å². The van der Waals surface area contributed by atoms with Crippen molar-refractivity contribution in [1.29, 1.82) is 0 Å². The maximum Gasteiger partial charge on any atom is 0.306 e. The SMILES string of the molecule is O=C(CCC(=O)N1C(=O)CCC1=O)OCCNC(=O)c1ccccc1Sc1ccc2c(/C=C/c3ccccn3)n[nH]c2c1. The Morgan fingerprint density at radius 1 is 0.977 bits per heavy atom. The standard InChI is InChI=1S/C31H27N5O6S/c37-27-12-13-28(38)36(27)29(39)14-15-30(40)42-18-17-33-31(41)23-6-1-2-7-26(23)43-21-9-10-22-24(34-35-25(22)19-21)11-8-20-5-3-4-16-32-20/h1-11,16,19H,12-15,17-18H2,(H,33,41)(H,34,35)/b11-8+. The number of H-pyrrole nitrogens is 1. The second-order valence-electron chi connectivity index (χ2n) is 9.50. The molecule has 0 aliphatic carbocycles.